The Morgan fingerprint density at radius 2 is 1.75 bits per heavy atom. The lowest BCUT2D eigenvalue weighted by molar-refractivity contribution is -0.115. The zero-order valence-corrected chi connectivity index (χ0v) is 12.8. The molecule has 0 aliphatic carbocycles. The first kappa shape index (κ1) is 15.7. The Morgan fingerprint density at radius 1 is 1.00 bits per heavy atom. The smallest absolute Gasteiger partial charge is 0.251 e. The molecule has 0 atom stereocenters. The molecule has 3 aromatic rings. The minimum Gasteiger partial charge on any atom is -0.366 e. The van der Waals surface area contributed by atoms with Crippen molar-refractivity contribution in [3.63, 3.8) is 0 Å². The molecule has 0 saturated heterocycles. The van der Waals surface area contributed by atoms with Gasteiger partial charge in [-0.2, -0.15) is 0 Å². The number of amides is 2. The minimum absolute atomic E-state index is 0.167. The number of hydrogen-bond acceptors (Lipinski definition) is 2. The van der Waals surface area contributed by atoms with Crippen LogP contribution >= 0.6 is 0 Å². The summed E-state index contributed by atoms with van der Waals surface area (Å²) in [6.45, 7) is 0. The summed E-state index contributed by atoms with van der Waals surface area (Å²) in [6, 6.07) is 17.3. The van der Waals surface area contributed by atoms with E-state index in [9.17, 15) is 14.0 Å². The van der Waals surface area contributed by atoms with Gasteiger partial charge in [0.25, 0.3) is 5.91 Å². The first-order valence-electron chi connectivity index (χ1n) is 7.40. The van der Waals surface area contributed by atoms with E-state index in [0.29, 0.717) is 0 Å². The zero-order chi connectivity index (χ0) is 17.1. The highest BCUT2D eigenvalue weighted by Gasteiger charge is 2.11. The Hall–Kier alpha value is -3.21. The van der Waals surface area contributed by atoms with Crippen molar-refractivity contribution in [2.45, 2.75) is 6.42 Å². The van der Waals surface area contributed by atoms with Crippen LogP contribution in [0.15, 0.2) is 60.7 Å². The van der Waals surface area contributed by atoms with Crippen LogP contribution in [0.2, 0.25) is 0 Å². The zero-order valence-electron chi connectivity index (χ0n) is 12.8. The van der Waals surface area contributed by atoms with Crippen molar-refractivity contribution in [1.82, 2.24) is 0 Å². The monoisotopic (exact) mass is 322 g/mol. The standard InChI is InChI=1S/C19H15FN2O2/c20-17-11-14(8-9-16(17)19(21)24)22-18(23)10-13-6-3-5-12-4-1-2-7-15(12)13/h1-9,11H,10H2,(H2,21,24)(H,22,23). The molecular formula is C19H15FN2O2. The third-order valence-corrected chi connectivity index (χ3v) is 3.75. The molecule has 120 valence electrons. The molecule has 0 heterocycles. The number of anilines is 1. The maximum absolute atomic E-state index is 13.7. The fraction of sp³-hybridized carbons (Fsp3) is 0.0526. The number of carbonyl (C=O) groups is 2. The number of halogens is 1. The summed E-state index contributed by atoms with van der Waals surface area (Å²) in [5.41, 5.74) is 6.02. The second-order valence-corrected chi connectivity index (χ2v) is 5.42. The summed E-state index contributed by atoms with van der Waals surface area (Å²) in [7, 11) is 0. The van der Waals surface area contributed by atoms with Gasteiger partial charge in [0, 0.05) is 5.69 Å². The van der Waals surface area contributed by atoms with E-state index in [2.05, 4.69) is 5.32 Å². The lowest BCUT2D eigenvalue weighted by Gasteiger charge is -2.09. The van der Waals surface area contributed by atoms with Crippen molar-refractivity contribution in [3.05, 3.63) is 77.6 Å². The summed E-state index contributed by atoms with van der Waals surface area (Å²) in [4.78, 5) is 23.2. The molecule has 0 bridgehead atoms. The van der Waals surface area contributed by atoms with Crippen LogP contribution in [0.1, 0.15) is 15.9 Å². The van der Waals surface area contributed by atoms with E-state index in [1.807, 2.05) is 42.5 Å². The summed E-state index contributed by atoms with van der Waals surface area (Å²) in [5, 5.41) is 4.69. The van der Waals surface area contributed by atoms with Crippen molar-refractivity contribution in [2.75, 3.05) is 5.32 Å². The molecule has 24 heavy (non-hydrogen) atoms. The van der Waals surface area contributed by atoms with Crippen LogP contribution in [0.5, 0.6) is 0 Å². The Kier molecular flexibility index (Phi) is 4.24. The fourth-order valence-electron chi connectivity index (χ4n) is 2.62. The summed E-state index contributed by atoms with van der Waals surface area (Å²) >= 11 is 0. The number of nitrogens with one attached hydrogen (secondary N) is 1. The average molecular weight is 322 g/mol. The largest absolute Gasteiger partial charge is 0.366 e. The van der Waals surface area contributed by atoms with Crippen molar-refractivity contribution >= 4 is 28.3 Å². The number of hydrogen-bond donors (Lipinski definition) is 2. The number of nitrogens with two attached hydrogens (primary N) is 1. The van der Waals surface area contributed by atoms with Crippen LogP contribution in [-0.4, -0.2) is 11.8 Å². The molecular weight excluding hydrogens is 307 g/mol. The van der Waals surface area contributed by atoms with Crippen LogP contribution in [-0.2, 0) is 11.2 Å². The molecule has 3 rings (SSSR count). The first-order valence-corrected chi connectivity index (χ1v) is 7.40. The van der Waals surface area contributed by atoms with Crippen molar-refractivity contribution in [1.29, 1.82) is 0 Å². The van der Waals surface area contributed by atoms with Crippen molar-refractivity contribution in [2.24, 2.45) is 5.73 Å². The van der Waals surface area contributed by atoms with Gasteiger partial charge in [0.15, 0.2) is 0 Å². The van der Waals surface area contributed by atoms with Gasteiger partial charge < -0.3 is 11.1 Å². The van der Waals surface area contributed by atoms with E-state index in [1.54, 1.807) is 0 Å². The molecule has 3 N–H and O–H groups in total. The predicted molar refractivity (Wildman–Crippen MR) is 91.2 cm³/mol. The fourth-order valence-corrected chi connectivity index (χ4v) is 2.62. The molecule has 2 amide bonds. The van der Waals surface area contributed by atoms with Gasteiger partial charge in [0.1, 0.15) is 5.82 Å². The normalized spacial score (nSPS) is 10.5. The molecule has 5 heteroatoms. The molecule has 4 nitrogen and oxygen atoms in total. The second-order valence-electron chi connectivity index (χ2n) is 5.42. The van der Waals surface area contributed by atoms with Crippen LogP contribution in [0, 0.1) is 5.82 Å². The number of benzene rings is 3. The SMILES string of the molecule is NC(=O)c1ccc(NC(=O)Cc2cccc3ccccc23)cc1F. The average Bonchev–Trinajstić information content (AvgIpc) is 2.55. The van der Waals surface area contributed by atoms with Gasteiger partial charge in [0.05, 0.1) is 12.0 Å². The van der Waals surface area contributed by atoms with Gasteiger partial charge in [-0.1, -0.05) is 42.5 Å². The lowest BCUT2D eigenvalue weighted by Crippen LogP contribution is -2.16. The molecule has 0 saturated carbocycles. The molecule has 0 unspecified atom stereocenters. The predicted octanol–water partition coefficient (Wildman–Crippen LogP) is 3.26. The van der Waals surface area contributed by atoms with Crippen LogP contribution in [0.3, 0.4) is 0 Å². The van der Waals surface area contributed by atoms with E-state index in [4.69, 9.17) is 5.73 Å². The first-order chi connectivity index (χ1) is 11.5. The number of fused-ring (bicyclic) bond motifs is 1. The minimum atomic E-state index is -0.846. The highest BCUT2D eigenvalue weighted by Crippen LogP contribution is 2.20. The third kappa shape index (κ3) is 3.25. The Morgan fingerprint density at radius 3 is 2.50 bits per heavy atom. The van der Waals surface area contributed by atoms with Crippen LogP contribution in [0.25, 0.3) is 10.8 Å². The summed E-state index contributed by atoms with van der Waals surface area (Å²) in [5.74, 6) is -1.87. The van der Waals surface area contributed by atoms with Gasteiger partial charge in [-0.25, -0.2) is 4.39 Å². The number of rotatable bonds is 4. The van der Waals surface area contributed by atoms with Crippen molar-refractivity contribution < 1.29 is 14.0 Å². The quantitative estimate of drug-likeness (QED) is 0.774. The van der Waals surface area contributed by atoms with Crippen LogP contribution < -0.4 is 11.1 Å². The molecule has 0 aromatic heterocycles. The van der Waals surface area contributed by atoms with Crippen molar-refractivity contribution in [3.8, 4) is 0 Å². The third-order valence-electron chi connectivity index (χ3n) is 3.75. The molecule has 0 aliphatic rings. The maximum atomic E-state index is 13.7. The van der Waals surface area contributed by atoms with E-state index < -0.39 is 11.7 Å². The summed E-state index contributed by atoms with van der Waals surface area (Å²) < 4.78 is 13.7. The van der Waals surface area contributed by atoms with E-state index in [-0.39, 0.29) is 23.6 Å². The Labute approximate surface area is 138 Å². The Balaban J connectivity index is 1.78. The Bertz CT molecular complexity index is 932. The highest BCUT2D eigenvalue weighted by atomic mass is 19.1. The van der Waals surface area contributed by atoms with E-state index in [1.165, 1.54) is 12.1 Å². The lowest BCUT2D eigenvalue weighted by atomic mass is 10.0. The number of primary amides is 1. The number of carbonyl (C=O) groups excluding carboxylic acids is 2. The van der Waals surface area contributed by atoms with Gasteiger partial charge >= 0.3 is 0 Å². The van der Waals surface area contributed by atoms with Gasteiger partial charge in [-0.15, -0.1) is 0 Å². The van der Waals surface area contributed by atoms with E-state index in [0.717, 1.165) is 22.4 Å². The van der Waals surface area contributed by atoms with Gasteiger partial charge in [-0.3, -0.25) is 9.59 Å². The molecule has 3 aromatic carbocycles. The molecule has 0 radical (unpaired) electrons. The molecule has 0 spiro atoms. The highest BCUT2D eigenvalue weighted by molar-refractivity contribution is 5.97. The maximum Gasteiger partial charge on any atom is 0.251 e. The topological polar surface area (TPSA) is 72.2 Å². The molecule has 0 aliphatic heterocycles. The summed E-state index contributed by atoms with van der Waals surface area (Å²) in [6.07, 6.45) is 0.167. The van der Waals surface area contributed by atoms with Gasteiger partial charge in [-0.05, 0) is 34.5 Å². The second kappa shape index (κ2) is 6.50. The van der Waals surface area contributed by atoms with Gasteiger partial charge in [0.2, 0.25) is 5.91 Å². The molecule has 0 fully saturated rings. The van der Waals surface area contributed by atoms with E-state index >= 15 is 0 Å². The van der Waals surface area contributed by atoms with Crippen LogP contribution in [0.4, 0.5) is 10.1 Å².